The van der Waals surface area contributed by atoms with Crippen LogP contribution in [0.5, 0.6) is 0 Å². The molecule has 0 atom stereocenters. The molecule has 3 heteroatoms. The first kappa shape index (κ1) is 9.88. The van der Waals surface area contributed by atoms with Gasteiger partial charge in [-0.15, -0.1) is 0 Å². The quantitative estimate of drug-likeness (QED) is 0.441. The van der Waals surface area contributed by atoms with Crippen LogP contribution in [0, 0.1) is 0 Å². The first-order valence-electron chi connectivity index (χ1n) is 3.39. The molecular formula is C8H13NO2. The molecule has 0 aromatic heterocycles. The Balaban J connectivity index is 3.78. The van der Waals surface area contributed by atoms with E-state index in [1.165, 1.54) is 13.0 Å². The highest BCUT2D eigenvalue weighted by molar-refractivity contribution is 6.03. The van der Waals surface area contributed by atoms with Crippen molar-refractivity contribution in [3.63, 3.8) is 0 Å². The second kappa shape index (κ2) is 4.66. The fraction of sp³-hybridized carbons (Fsp3) is 0.500. The molecule has 62 valence electrons. The van der Waals surface area contributed by atoms with E-state index >= 15 is 0 Å². The molecular weight excluding hydrogens is 142 g/mol. The Labute approximate surface area is 66.7 Å². The summed E-state index contributed by atoms with van der Waals surface area (Å²) in [5, 5.41) is 0. The SMILES string of the molecule is CC(=O)CC(=O)/C=C/N(C)C. The normalized spacial score (nSPS) is 10.1. The molecule has 11 heavy (non-hydrogen) atoms. The van der Waals surface area contributed by atoms with Gasteiger partial charge in [-0.2, -0.15) is 0 Å². The van der Waals surface area contributed by atoms with Crippen LogP contribution in [0.25, 0.3) is 0 Å². The Kier molecular flexibility index (Phi) is 4.18. The Morgan fingerprint density at radius 2 is 1.91 bits per heavy atom. The van der Waals surface area contributed by atoms with Crippen LogP contribution in [0.1, 0.15) is 13.3 Å². The number of nitrogens with zero attached hydrogens (tertiary/aromatic N) is 1. The predicted molar refractivity (Wildman–Crippen MR) is 43.1 cm³/mol. The maximum absolute atomic E-state index is 10.8. The van der Waals surface area contributed by atoms with Crippen LogP contribution in [0.15, 0.2) is 12.3 Å². The van der Waals surface area contributed by atoms with E-state index in [9.17, 15) is 9.59 Å². The summed E-state index contributed by atoms with van der Waals surface area (Å²) in [7, 11) is 3.63. The van der Waals surface area contributed by atoms with E-state index in [4.69, 9.17) is 0 Å². The second-order valence-corrected chi connectivity index (χ2v) is 2.62. The van der Waals surface area contributed by atoms with Crippen molar-refractivity contribution in [3.8, 4) is 0 Å². The molecule has 0 spiro atoms. The van der Waals surface area contributed by atoms with Gasteiger partial charge in [0.15, 0.2) is 5.78 Å². The third kappa shape index (κ3) is 6.77. The predicted octanol–water partition coefficient (Wildman–Crippen LogP) is 0.610. The lowest BCUT2D eigenvalue weighted by molar-refractivity contribution is -0.123. The molecule has 0 heterocycles. The van der Waals surface area contributed by atoms with E-state index in [2.05, 4.69) is 0 Å². The summed E-state index contributed by atoms with van der Waals surface area (Å²) >= 11 is 0. The highest BCUT2D eigenvalue weighted by Crippen LogP contribution is 1.87. The molecule has 0 saturated carbocycles. The van der Waals surface area contributed by atoms with E-state index in [1.807, 2.05) is 14.1 Å². The monoisotopic (exact) mass is 155 g/mol. The molecule has 0 rings (SSSR count). The molecule has 0 aliphatic heterocycles. The van der Waals surface area contributed by atoms with Crippen LogP contribution in [0.3, 0.4) is 0 Å². The van der Waals surface area contributed by atoms with Crippen molar-refractivity contribution in [2.24, 2.45) is 0 Å². The average molecular weight is 155 g/mol. The molecule has 0 unspecified atom stereocenters. The number of carbonyl (C=O) groups is 2. The summed E-state index contributed by atoms with van der Waals surface area (Å²) < 4.78 is 0. The van der Waals surface area contributed by atoms with E-state index in [0.29, 0.717) is 0 Å². The first-order chi connectivity index (χ1) is 5.02. The smallest absolute Gasteiger partial charge is 0.164 e. The van der Waals surface area contributed by atoms with Crippen LogP contribution >= 0.6 is 0 Å². The summed E-state index contributed by atoms with van der Waals surface area (Å²) in [5.74, 6) is -0.246. The highest BCUT2D eigenvalue weighted by atomic mass is 16.1. The van der Waals surface area contributed by atoms with Gasteiger partial charge in [0, 0.05) is 20.3 Å². The van der Waals surface area contributed by atoms with E-state index in [1.54, 1.807) is 11.1 Å². The molecule has 0 aromatic carbocycles. The van der Waals surface area contributed by atoms with Crippen molar-refractivity contribution < 1.29 is 9.59 Å². The van der Waals surface area contributed by atoms with Gasteiger partial charge in [-0.05, 0) is 13.0 Å². The summed E-state index contributed by atoms with van der Waals surface area (Å²) in [6.07, 6.45) is 3.04. The largest absolute Gasteiger partial charge is 0.383 e. The van der Waals surface area contributed by atoms with Gasteiger partial charge in [-0.1, -0.05) is 0 Å². The van der Waals surface area contributed by atoms with Crippen molar-refractivity contribution in [2.45, 2.75) is 13.3 Å². The molecule has 0 aliphatic carbocycles. The second-order valence-electron chi connectivity index (χ2n) is 2.62. The number of rotatable bonds is 4. The number of Topliss-reactive ketones (excluding diaryl/α,β-unsaturated/α-hetero) is 1. The number of ketones is 2. The summed E-state index contributed by atoms with van der Waals surface area (Å²) in [4.78, 5) is 23.0. The topological polar surface area (TPSA) is 37.4 Å². The van der Waals surface area contributed by atoms with Crippen molar-refractivity contribution >= 4 is 11.6 Å². The van der Waals surface area contributed by atoms with Gasteiger partial charge in [0.1, 0.15) is 5.78 Å². The molecule has 0 fully saturated rings. The van der Waals surface area contributed by atoms with Crippen LogP contribution in [-0.4, -0.2) is 30.6 Å². The molecule has 0 bridgehead atoms. The minimum absolute atomic E-state index is 0.00431. The molecule has 0 radical (unpaired) electrons. The Bertz CT molecular complexity index is 183. The van der Waals surface area contributed by atoms with Gasteiger partial charge < -0.3 is 4.90 Å². The number of allylic oxidation sites excluding steroid dienone is 1. The lowest BCUT2D eigenvalue weighted by Gasteiger charge is -2.01. The first-order valence-corrected chi connectivity index (χ1v) is 3.39. The lowest BCUT2D eigenvalue weighted by Crippen LogP contribution is -2.05. The zero-order valence-corrected chi connectivity index (χ0v) is 7.13. The number of hydrogen-bond donors (Lipinski definition) is 0. The molecule has 0 N–H and O–H groups in total. The van der Waals surface area contributed by atoms with E-state index in [0.717, 1.165) is 0 Å². The van der Waals surface area contributed by atoms with Crippen LogP contribution in [-0.2, 0) is 9.59 Å². The minimum Gasteiger partial charge on any atom is -0.383 e. The maximum atomic E-state index is 10.8. The molecule has 0 saturated heterocycles. The van der Waals surface area contributed by atoms with Crippen LogP contribution < -0.4 is 0 Å². The third-order valence-corrected chi connectivity index (χ3v) is 0.982. The summed E-state index contributed by atoms with van der Waals surface area (Å²) in [6, 6.07) is 0. The van der Waals surface area contributed by atoms with Crippen LogP contribution in [0.4, 0.5) is 0 Å². The zero-order chi connectivity index (χ0) is 8.85. The van der Waals surface area contributed by atoms with Gasteiger partial charge in [0.25, 0.3) is 0 Å². The molecule has 0 aliphatic rings. The summed E-state index contributed by atoms with van der Waals surface area (Å²) in [6.45, 7) is 1.40. The fourth-order valence-corrected chi connectivity index (χ4v) is 0.536. The standard InChI is InChI=1S/C8H13NO2/c1-7(10)6-8(11)4-5-9(2)3/h4-5H,6H2,1-3H3/b5-4+. The third-order valence-electron chi connectivity index (χ3n) is 0.982. The lowest BCUT2D eigenvalue weighted by atomic mass is 10.2. The molecule has 0 amide bonds. The molecule has 3 nitrogen and oxygen atoms in total. The zero-order valence-electron chi connectivity index (χ0n) is 7.13. The average Bonchev–Trinajstić information content (AvgIpc) is 1.82. The Morgan fingerprint density at radius 1 is 1.36 bits per heavy atom. The van der Waals surface area contributed by atoms with Crippen LogP contribution in [0.2, 0.25) is 0 Å². The molecule has 0 aromatic rings. The highest BCUT2D eigenvalue weighted by Gasteiger charge is 1.99. The van der Waals surface area contributed by atoms with E-state index in [-0.39, 0.29) is 18.0 Å². The summed E-state index contributed by atoms with van der Waals surface area (Å²) in [5.41, 5.74) is 0. The minimum atomic E-state index is -0.147. The van der Waals surface area contributed by atoms with Gasteiger partial charge in [-0.25, -0.2) is 0 Å². The fourth-order valence-electron chi connectivity index (χ4n) is 0.536. The van der Waals surface area contributed by atoms with Crippen molar-refractivity contribution in [2.75, 3.05) is 14.1 Å². The van der Waals surface area contributed by atoms with Gasteiger partial charge in [0.2, 0.25) is 0 Å². The van der Waals surface area contributed by atoms with Gasteiger partial charge >= 0.3 is 0 Å². The number of hydrogen-bond acceptors (Lipinski definition) is 3. The van der Waals surface area contributed by atoms with Gasteiger partial charge in [0.05, 0.1) is 6.42 Å². The number of carbonyl (C=O) groups excluding carboxylic acids is 2. The van der Waals surface area contributed by atoms with Crippen molar-refractivity contribution in [1.82, 2.24) is 4.90 Å². The Morgan fingerprint density at radius 3 is 2.27 bits per heavy atom. The van der Waals surface area contributed by atoms with Crippen molar-refractivity contribution in [3.05, 3.63) is 12.3 Å². The maximum Gasteiger partial charge on any atom is 0.164 e. The Hall–Kier alpha value is -1.12. The van der Waals surface area contributed by atoms with Gasteiger partial charge in [-0.3, -0.25) is 9.59 Å². The van der Waals surface area contributed by atoms with Crippen molar-refractivity contribution in [1.29, 1.82) is 0 Å². The van der Waals surface area contributed by atoms with E-state index < -0.39 is 0 Å².